The van der Waals surface area contributed by atoms with Gasteiger partial charge in [0.05, 0.1) is 35.8 Å². The number of benzene rings is 2. The number of amides is 1. The molecule has 35 heavy (non-hydrogen) atoms. The number of nitrogens with two attached hydrogens (primary N) is 1. The Kier molecular flexibility index (Phi) is 5.81. The van der Waals surface area contributed by atoms with E-state index in [2.05, 4.69) is 25.3 Å². The van der Waals surface area contributed by atoms with E-state index in [4.69, 9.17) is 10.5 Å². The Labute approximate surface area is 201 Å². The number of anilines is 2. The molecule has 1 saturated heterocycles. The first-order valence-electron chi connectivity index (χ1n) is 11.3. The molecule has 1 unspecified atom stereocenters. The second-order valence-corrected chi connectivity index (χ2v) is 8.65. The van der Waals surface area contributed by atoms with Crippen LogP contribution in [0.3, 0.4) is 0 Å². The van der Waals surface area contributed by atoms with Crippen LogP contribution in [0.4, 0.5) is 15.8 Å². The van der Waals surface area contributed by atoms with Crippen molar-refractivity contribution >= 4 is 28.2 Å². The van der Waals surface area contributed by atoms with E-state index in [9.17, 15) is 9.18 Å². The first-order chi connectivity index (χ1) is 16.9. The zero-order chi connectivity index (χ0) is 24.7. The molecule has 0 radical (unpaired) electrons. The fourth-order valence-electron chi connectivity index (χ4n) is 4.69. The summed E-state index contributed by atoms with van der Waals surface area (Å²) < 4.78 is 21.7. The molecule has 180 valence electrons. The van der Waals surface area contributed by atoms with E-state index in [1.807, 2.05) is 30.9 Å². The molecule has 0 saturated carbocycles. The zero-order valence-corrected chi connectivity index (χ0v) is 19.7. The maximum Gasteiger partial charge on any atom is 0.274 e. The highest BCUT2D eigenvalue weighted by Gasteiger charge is 2.26. The predicted octanol–water partition coefficient (Wildman–Crippen LogP) is 3.28. The Balaban J connectivity index is 1.54. The molecule has 1 aliphatic rings. The molecule has 1 fully saturated rings. The zero-order valence-electron chi connectivity index (χ0n) is 19.7. The number of nitrogens with zero attached hydrogens (tertiary/aromatic N) is 5. The van der Waals surface area contributed by atoms with Crippen LogP contribution in [0, 0.1) is 12.7 Å². The fraction of sp³-hybridized carbons (Fsp3) is 0.280. The van der Waals surface area contributed by atoms with Crippen molar-refractivity contribution in [1.82, 2.24) is 19.7 Å². The van der Waals surface area contributed by atoms with E-state index in [0.717, 1.165) is 35.1 Å². The molecular weight excluding hydrogens is 449 g/mol. The van der Waals surface area contributed by atoms with Crippen molar-refractivity contribution in [3.8, 4) is 17.1 Å². The average molecular weight is 476 g/mol. The number of hydrogen-bond donors (Lipinski definition) is 2. The largest absolute Gasteiger partial charge is 0.496 e. The van der Waals surface area contributed by atoms with Gasteiger partial charge in [0.1, 0.15) is 17.3 Å². The summed E-state index contributed by atoms with van der Waals surface area (Å²) in [6, 6.07) is 7.94. The molecule has 1 amide bonds. The first kappa shape index (κ1) is 22.7. The van der Waals surface area contributed by atoms with Crippen molar-refractivity contribution in [3.63, 3.8) is 0 Å². The van der Waals surface area contributed by atoms with Crippen LogP contribution in [0.1, 0.15) is 22.5 Å². The second-order valence-electron chi connectivity index (χ2n) is 8.65. The van der Waals surface area contributed by atoms with E-state index in [1.165, 1.54) is 31.5 Å². The minimum atomic E-state index is -0.535. The number of carbonyl (C=O) groups excluding carboxylic acids is 1. The van der Waals surface area contributed by atoms with Gasteiger partial charge in [-0.25, -0.2) is 14.4 Å². The molecule has 2 aromatic carbocycles. The molecule has 1 aliphatic heterocycles. The van der Waals surface area contributed by atoms with Gasteiger partial charge in [-0.2, -0.15) is 5.10 Å². The van der Waals surface area contributed by atoms with E-state index < -0.39 is 11.7 Å². The summed E-state index contributed by atoms with van der Waals surface area (Å²) in [6.07, 6.45) is 4.10. The maximum atomic E-state index is 14.6. The van der Waals surface area contributed by atoms with Crippen molar-refractivity contribution in [2.75, 3.05) is 30.4 Å². The van der Waals surface area contributed by atoms with E-state index >= 15 is 0 Å². The van der Waals surface area contributed by atoms with Crippen LogP contribution in [0.25, 0.3) is 22.3 Å². The Bertz CT molecular complexity index is 1440. The Hall–Kier alpha value is -4.05. The van der Waals surface area contributed by atoms with Gasteiger partial charge in [-0.05, 0) is 43.2 Å². The lowest BCUT2D eigenvalue weighted by molar-refractivity contribution is 0.102. The van der Waals surface area contributed by atoms with Crippen LogP contribution in [-0.4, -0.2) is 51.9 Å². The number of halogens is 1. The summed E-state index contributed by atoms with van der Waals surface area (Å²) in [5.41, 5.74) is 9.88. The molecule has 0 aliphatic carbocycles. The fourth-order valence-corrected chi connectivity index (χ4v) is 4.69. The lowest BCUT2D eigenvalue weighted by Crippen LogP contribution is -2.27. The van der Waals surface area contributed by atoms with Crippen LogP contribution in [0.5, 0.6) is 5.75 Å². The number of fused-ring (bicyclic) bond motifs is 1. The Morgan fingerprint density at radius 1 is 1.31 bits per heavy atom. The quantitative estimate of drug-likeness (QED) is 0.456. The van der Waals surface area contributed by atoms with Gasteiger partial charge in [0, 0.05) is 37.8 Å². The summed E-state index contributed by atoms with van der Waals surface area (Å²) in [7, 11) is 3.34. The monoisotopic (exact) mass is 475 g/mol. The third kappa shape index (κ3) is 4.06. The summed E-state index contributed by atoms with van der Waals surface area (Å²) in [6.45, 7) is 3.44. The molecule has 10 heteroatoms. The summed E-state index contributed by atoms with van der Waals surface area (Å²) >= 11 is 0. The van der Waals surface area contributed by atoms with Crippen molar-refractivity contribution in [2.45, 2.75) is 19.4 Å². The Morgan fingerprint density at radius 3 is 2.89 bits per heavy atom. The van der Waals surface area contributed by atoms with Crippen molar-refractivity contribution in [1.29, 1.82) is 0 Å². The summed E-state index contributed by atoms with van der Waals surface area (Å²) in [5.74, 6) is -0.617. The molecule has 1 atom stereocenters. The summed E-state index contributed by atoms with van der Waals surface area (Å²) in [5, 5.41) is 8.38. The van der Waals surface area contributed by atoms with Crippen molar-refractivity contribution < 1.29 is 13.9 Å². The van der Waals surface area contributed by atoms with Crippen LogP contribution < -0.4 is 20.7 Å². The lowest BCUT2D eigenvalue weighted by atomic mass is 10.1. The third-order valence-electron chi connectivity index (χ3n) is 6.28. The van der Waals surface area contributed by atoms with Crippen LogP contribution in [0.15, 0.2) is 42.7 Å². The number of aromatic nitrogens is 4. The molecular formula is C25H26FN7O2. The number of ether oxygens (including phenoxy) is 1. The van der Waals surface area contributed by atoms with Gasteiger partial charge < -0.3 is 20.7 Å². The normalized spacial score (nSPS) is 15.6. The van der Waals surface area contributed by atoms with Gasteiger partial charge in [-0.1, -0.05) is 6.07 Å². The van der Waals surface area contributed by atoms with Gasteiger partial charge in [0.25, 0.3) is 5.91 Å². The standard InChI is InChI=1S/C25H26FN7O2/c1-14-11-19(23(33-10-8-15(27)13-33)16-12-29-32(2)22(14)16)31-25(34)18-7-9-28-24(30-18)21-17(26)5-4-6-20(21)35-3/h4-7,9,11-12,15H,8,10,13,27H2,1-3H3,(H,31,34). The predicted molar refractivity (Wildman–Crippen MR) is 132 cm³/mol. The lowest BCUT2D eigenvalue weighted by Gasteiger charge is -2.24. The topological polar surface area (TPSA) is 111 Å². The number of hydrogen-bond acceptors (Lipinski definition) is 7. The number of carbonyl (C=O) groups is 1. The summed E-state index contributed by atoms with van der Waals surface area (Å²) in [4.78, 5) is 24.0. The van der Waals surface area contributed by atoms with Gasteiger partial charge >= 0.3 is 0 Å². The third-order valence-corrected chi connectivity index (χ3v) is 6.28. The molecule has 4 aromatic rings. The highest BCUT2D eigenvalue weighted by atomic mass is 19.1. The molecule has 2 aromatic heterocycles. The van der Waals surface area contributed by atoms with Gasteiger partial charge in [-0.3, -0.25) is 9.48 Å². The van der Waals surface area contributed by atoms with Crippen LogP contribution in [0.2, 0.25) is 0 Å². The number of nitrogens with one attached hydrogen (secondary N) is 1. The van der Waals surface area contributed by atoms with Crippen LogP contribution in [-0.2, 0) is 7.05 Å². The highest BCUT2D eigenvalue weighted by Crippen LogP contribution is 2.38. The molecule has 5 rings (SSSR count). The smallest absolute Gasteiger partial charge is 0.274 e. The molecule has 3 N–H and O–H groups in total. The van der Waals surface area contributed by atoms with Gasteiger partial charge in [0.15, 0.2) is 5.82 Å². The van der Waals surface area contributed by atoms with E-state index in [1.54, 1.807) is 6.07 Å². The minimum absolute atomic E-state index is 0.0618. The number of aryl methyl sites for hydroxylation is 2. The van der Waals surface area contributed by atoms with Crippen molar-refractivity contribution in [3.05, 3.63) is 59.8 Å². The molecule has 9 nitrogen and oxygen atoms in total. The number of rotatable bonds is 5. The SMILES string of the molecule is COc1cccc(F)c1-c1nccc(C(=O)Nc2cc(C)c3c(cnn3C)c2N2CCC(N)C2)n1. The molecule has 3 heterocycles. The van der Waals surface area contributed by atoms with Gasteiger partial charge in [-0.15, -0.1) is 0 Å². The molecule has 0 spiro atoms. The highest BCUT2D eigenvalue weighted by molar-refractivity contribution is 6.09. The van der Waals surface area contributed by atoms with E-state index in [0.29, 0.717) is 12.2 Å². The minimum Gasteiger partial charge on any atom is -0.496 e. The van der Waals surface area contributed by atoms with E-state index in [-0.39, 0.29) is 28.9 Å². The Morgan fingerprint density at radius 2 is 2.14 bits per heavy atom. The van der Waals surface area contributed by atoms with Crippen molar-refractivity contribution in [2.24, 2.45) is 12.8 Å². The van der Waals surface area contributed by atoms with Gasteiger partial charge in [0.2, 0.25) is 0 Å². The second kappa shape index (κ2) is 8.95. The maximum absolute atomic E-state index is 14.6. The van der Waals surface area contributed by atoms with Crippen LogP contribution >= 0.6 is 0 Å². The molecule has 0 bridgehead atoms. The number of methoxy groups -OCH3 is 1. The first-order valence-corrected chi connectivity index (χ1v) is 11.3. The average Bonchev–Trinajstić information content (AvgIpc) is 3.45.